The Labute approximate surface area is 171 Å². The van der Waals surface area contributed by atoms with Gasteiger partial charge < -0.3 is 4.57 Å². The highest BCUT2D eigenvalue weighted by Crippen LogP contribution is 2.31. The number of hydrogen-bond donors (Lipinski definition) is 0. The first-order chi connectivity index (χ1) is 13.1. The lowest BCUT2D eigenvalue weighted by atomic mass is 10.1. The second-order valence-corrected chi connectivity index (χ2v) is 8.87. The van der Waals surface area contributed by atoms with Gasteiger partial charge in [-0.1, -0.05) is 41.4 Å². The van der Waals surface area contributed by atoms with Crippen molar-refractivity contribution in [1.82, 2.24) is 9.47 Å². The molecule has 0 spiro atoms. The summed E-state index contributed by atoms with van der Waals surface area (Å²) in [4.78, 5) is 2.57. The van der Waals surface area contributed by atoms with E-state index in [4.69, 9.17) is 11.6 Å². The van der Waals surface area contributed by atoms with Gasteiger partial charge in [-0.3, -0.25) is 4.90 Å². The Bertz CT molecular complexity index is 907. The highest BCUT2D eigenvalue weighted by atomic mass is 35.5. The number of aromatic nitrogens is 1. The number of rotatable bonds is 4. The maximum Gasteiger partial charge on any atom is 0.0534 e. The molecule has 4 rings (SSSR count). The molecule has 2 nitrogen and oxygen atoms in total. The molecule has 4 heteroatoms. The minimum Gasteiger partial charge on any atom is -0.314 e. The summed E-state index contributed by atoms with van der Waals surface area (Å²) in [7, 11) is 0. The van der Waals surface area contributed by atoms with Crippen LogP contribution in [0.25, 0.3) is 16.9 Å². The first-order valence-electron chi connectivity index (χ1n) is 9.46. The largest absolute Gasteiger partial charge is 0.314 e. The van der Waals surface area contributed by atoms with Crippen LogP contribution in [0.3, 0.4) is 0 Å². The third kappa shape index (κ3) is 4.11. The topological polar surface area (TPSA) is 8.17 Å². The molecule has 0 amide bonds. The highest BCUT2D eigenvalue weighted by molar-refractivity contribution is 7.99. The van der Waals surface area contributed by atoms with Crippen LogP contribution in [-0.2, 0) is 6.54 Å². The van der Waals surface area contributed by atoms with E-state index in [0.717, 1.165) is 17.3 Å². The van der Waals surface area contributed by atoms with Crippen LogP contribution < -0.4 is 0 Å². The smallest absolute Gasteiger partial charge is 0.0534 e. The van der Waals surface area contributed by atoms with Crippen LogP contribution >= 0.6 is 23.4 Å². The van der Waals surface area contributed by atoms with Crippen LogP contribution in [0.5, 0.6) is 0 Å². The second-order valence-electron chi connectivity index (χ2n) is 7.21. The summed E-state index contributed by atoms with van der Waals surface area (Å²) in [5.74, 6) is 2.48. The van der Waals surface area contributed by atoms with E-state index in [9.17, 15) is 0 Å². The predicted molar refractivity (Wildman–Crippen MR) is 118 cm³/mol. The van der Waals surface area contributed by atoms with Crippen LogP contribution in [0.15, 0.2) is 54.6 Å². The lowest BCUT2D eigenvalue weighted by Crippen LogP contribution is -2.32. The van der Waals surface area contributed by atoms with Crippen LogP contribution in [-0.4, -0.2) is 34.1 Å². The van der Waals surface area contributed by atoms with Gasteiger partial charge in [0.15, 0.2) is 0 Å². The zero-order chi connectivity index (χ0) is 18.8. The lowest BCUT2D eigenvalue weighted by molar-refractivity contribution is 0.294. The molecule has 0 unspecified atom stereocenters. The van der Waals surface area contributed by atoms with Gasteiger partial charge in [0, 0.05) is 47.5 Å². The van der Waals surface area contributed by atoms with Crippen molar-refractivity contribution < 1.29 is 0 Å². The normalized spacial score (nSPS) is 15.2. The van der Waals surface area contributed by atoms with Crippen molar-refractivity contribution in [1.29, 1.82) is 0 Å². The van der Waals surface area contributed by atoms with E-state index in [1.807, 2.05) is 12.1 Å². The molecule has 0 saturated carbocycles. The first kappa shape index (κ1) is 18.7. The van der Waals surface area contributed by atoms with E-state index in [-0.39, 0.29) is 0 Å². The van der Waals surface area contributed by atoms with Crippen molar-refractivity contribution in [3.63, 3.8) is 0 Å². The molecular formula is C23H25ClN2S. The molecule has 2 heterocycles. The average molecular weight is 397 g/mol. The fourth-order valence-electron chi connectivity index (χ4n) is 3.68. The maximum atomic E-state index is 6.13. The van der Waals surface area contributed by atoms with Crippen LogP contribution in [0.2, 0.25) is 5.02 Å². The van der Waals surface area contributed by atoms with E-state index >= 15 is 0 Å². The number of benzene rings is 2. The van der Waals surface area contributed by atoms with E-state index < -0.39 is 0 Å². The molecule has 27 heavy (non-hydrogen) atoms. The molecule has 1 aliphatic rings. The van der Waals surface area contributed by atoms with E-state index in [0.29, 0.717) is 0 Å². The molecule has 2 aromatic carbocycles. The van der Waals surface area contributed by atoms with Crippen molar-refractivity contribution in [2.75, 3.05) is 24.6 Å². The number of hydrogen-bond acceptors (Lipinski definition) is 2. The third-order valence-corrected chi connectivity index (χ3v) is 6.48. The SMILES string of the molecule is Cc1ccc(-c2cc(CN3CCSCC3)c(C)n2-c2ccc(Cl)cc2)cc1. The fourth-order valence-corrected chi connectivity index (χ4v) is 4.78. The van der Waals surface area contributed by atoms with Gasteiger partial charge in [0.25, 0.3) is 0 Å². The van der Waals surface area contributed by atoms with Gasteiger partial charge in [0.1, 0.15) is 0 Å². The standard InChI is InChI=1S/C23H25ClN2S/c1-17-3-5-19(6-4-17)23-15-20(16-25-11-13-27-14-12-25)18(2)26(23)22-9-7-21(24)8-10-22/h3-10,15H,11-14,16H2,1-2H3. The Morgan fingerprint density at radius 3 is 2.26 bits per heavy atom. The van der Waals surface area contributed by atoms with E-state index in [1.165, 1.54) is 52.7 Å². The molecular weight excluding hydrogens is 372 g/mol. The summed E-state index contributed by atoms with van der Waals surface area (Å²) < 4.78 is 2.37. The minimum atomic E-state index is 0.770. The minimum absolute atomic E-state index is 0.770. The van der Waals surface area contributed by atoms with Gasteiger partial charge in [0.2, 0.25) is 0 Å². The zero-order valence-corrected chi connectivity index (χ0v) is 17.5. The molecule has 0 aliphatic carbocycles. The molecule has 1 aliphatic heterocycles. The van der Waals surface area contributed by atoms with Crippen molar-refractivity contribution in [3.8, 4) is 16.9 Å². The van der Waals surface area contributed by atoms with Gasteiger partial charge in [-0.25, -0.2) is 0 Å². The van der Waals surface area contributed by atoms with Crippen LogP contribution in [0.1, 0.15) is 16.8 Å². The number of nitrogens with zero attached hydrogens (tertiary/aromatic N) is 2. The van der Waals surface area contributed by atoms with Crippen molar-refractivity contribution >= 4 is 23.4 Å². The summed E-state index contributed by atoms with van der Waals surface area (Å²) in [6, 6.07) is 19.3. The van der Waals surface area contributed by atoms with Crippen molar-refractivity contribution in [2.24, 2.45) is 0 Å². The van der Waals surface area contributed by atoms with Gasteiger partial charge >= 0.3 is 0 Å². The monoisotopic (exact) mass is 396 g/mol. The molecule has 1 fully saturated rings. The van der Waals surface area contributed by atoms with Gasteiger partial charge in [0.05, 0.1) is 5.69 Å². The summed E-state index contributed by atoms with van der Waals surface area (Å²) >= 11 is 8.19. The van der Waals surface area contributed by atoms with E-state index in [1.54, 1.807) is 0 Å². The summed E-state index contributed by atoms with van der Waals surface area (Å²) in [6.45, 7) is 7.74. The van der Waals surface area contributed by atoms with Gasteiger partial charge in [-0.15, -0.1) is 0 Å². The Morgan fingerprint density at radius 1 is 0.926 bits per heavy atom. The van der Waals surface area contributed by atoms with Crippen molar-refractivity contribution in [2.45, 2.75) is 20.4 Å². The molecule has 0 radical (unpaired) electrons. The zero-order valence-electron chi connectivity index (χ0n) is 15.9. The summed E-state index contributed by atoms with van der Waals surface area (Å²) in [5.41, 5.74) is 7.66. The van der Waals surface area contributed by atoms with Gasteiger partial charge in [-0.05, 0) is 55.3 Å². The highest BCUT2D eigenvalue weighted by Gasteiger charge is 2.18. The van der Waals surface area contributed by atoms with E-state index in [2.05, 4.69) is 77.5 Å². The quantitative estimate of drug-likeness (QED) is 0.537. The number of aryl methyl sites for hydroxylation is 1. The fraction of sp³-hybridized carbons (Fsp3) is 0.304. The molecule has 140 valence electrons. The molecule has 1 saturated heterocycles. The predicted octanol–water partition coefficient (Wildman–Crippen LogP) is 5.96. The average Bonchev–Trinajstić information content (AvgIpc) is 3.00. The van der Waals surface area contributed by atoms with Crippen LogP contribution in [0.4, 0.5) is 0 Å². The van der Waals surface area contributed by atoms with Gasteiger partial charge in [-0.2, -0.15) is 11.8 Å². The molecule has 0 N–H and O–H groups in total. The summed E-state index contributed by atoms with van der Waals surface area (Å²) in [6.07, 6.45) is 0. The molecule has 0 bridgehead atoms. The molecule has 0 atom stereocenters. The Hall–Kier alpha value is -1.68. The molecule has 3 aromatic rings. The first-order valence-corrected chi connectivity index (χ1v) is 11.0. The Morgan fingerprint density at radius 2 is 1.59 bits per heavy atom. The second kappa shape index (κ2) is 8.14. The molecule has 1 aromatic heterocycles. The maximum absolute atomic E-state index is 6.13. The summed E-state index contributed by atoms with van der Waals surface area (Å²) in [5, 5.41) is 0.770. The Balaban J connectivity index is 1.78. The Kier molecular flexibility index (Phi) is 5.63. The number of halogens is 1. The van der Waals surface area contributed by atoms with Crippen molar-refractivity contribution in [3.05, 3.63) is 76.4 Å². The number of thioether (sulfide) groups is 1. The lowest BCUT2D eigenvalue weighted by Gasteiger charge is -2.26. The van der Waals surface area contributed by atoms with Crippen LogP contribution in [0, 0.1) is 13.8 Å². The third-order valence-electron chi connectivity index (χ3n) is 5.28.